The van der Waals surface area contributed by atoms with Crippen molar-refractivity contribution in [2.75, 3.05) is 7.11 Å². The number of rotatable bonds is 5. The molecule has 0 aliphatic carbocycles. The van der Waals surface area contributed by atoms with Crippen LogP contribution in [0.2, 0.25) is 0 Å². The number of hydrogen-bond acceptors (Lipinski definition) is 4. The van der Waals surface area contributed by atoms with E-state index in [1.54, 1.807) is 48.5 Å². The molecule has 0 saturated heterocycles. The Hall–Kier alpha value is -4.14. The van der Waals surface area contributed by atoms with Gasteiger partial charge in [-0.2, -0.15) is 18.3 Å². The van der Waals surface area contributed by atoms with E-state index in [1.807, 2.05) is 6.07 Å². The number of aromatic nitrogens is 2. The summed E-state index contributed by atoms with van der Waals surface area (Å²) in [6, 6.07) is 20.3. The highest BCUT2D eigenvalue weighted by molar-refractivity contribution is 5.76. The lowest BCUT2D eigenvalue weighted by molar-refractivity contribution is -0.137. The second-order valence-electron chi connectivity index (χ2n) is 6.76. The number of alkyl halides is 3. The van der Waals surface area contributed by atoms with Gasteiger partial charge in [0.05, 0.1) is 29.7 Å². The monoisotopic (exact) mass is 438 g/mol. The lowest BCUT2D eigenvalue weighted by Crippen LogP contribution is -2.13. The van der Waals surface area contributed by atoms with Crippen molar-refractivity contribution in [3.63, 3.8) is 0 Å². The summed E-state index contributed by atoms with van der Waals surface area (Å²) in [6.07, 6.45) is -4.51. The Bertz CT molecular complexity index is 1330. The molecule has 9 heteroatoms. The Kier molecular flexibility index (Phi) is 5.63. The summed E-state index contributed by atoms with van der Waals surface area (Å²) in [5.74, 6) is 0.490. The van der Waals surface area contributed by atoms with Crippen LogP contribution in [0.15, 0.2) is 93.9 Å². The summed E-state index contributed by atoms with van der Waals surface area (Å²) in [7, 11) is 1.49. The molecule has 1 N–H and O–H groups in total. The number of ether oxygens (including phenoxy) is 1. The summed E-state index contributed by atoms with van der Waals surface area (Å²) in [5, 5.41) is 11.0. The summed E-state index contributed by atoms with van der Waals surface area (Å²) in [5.41, 5.74) is -0.00287. The first-order valence-corrected chi connectivity index (χ1v) is 9.51. The number of para-hydroxylation sites is 2. The Morgan fingerprint density at radius 1 is 0.906 bits per heavy atom. The fourth-order valence-corrected chi connectivity index (χ4v) is 3.17. The number of benzene rings is 3. The van der Waals surface area contributed by atoms with E-state index in [4.69, 9.17) is 4.74 Å². The fourth-order valence-electron chi connectivity index (χ4n) is 3.17. The molecule has 0 bridgehead atoms. The van der Waals surface area contributed by atoms with E-state index in [2.05, 4.69) is 15.3 Å². The van der Waals surface area contributed by atoms with Crippen LogP contribution in [-0.2, 0) is 6.18 Å². The predicted molar refractivity (Wildman–Crippen MR) is 114 cm³/mol. The average Bonchev–Trinajstić information content (AvgIpc) is 3.13. The van der Waals surface area contributed by atoms with Gasteiger partial charge in [-0.3, -0.25) is 9.89 Å². The Labute approximate surface area is 180 Å². The number of halogens is 3. The molecule has 162 valence electrons. The van der Waals surface area contributed by atoms with Crippen LogP contribution in [-0.4, -0.2) is 16.9 Å². The van der Waals surface area contributed by atoms with Gasteiger partial charge in [-0.25, -0.2) is 4.68 Å². The van der Waals surface area contributed by atoms with Gasteiger partial charge < -0.3 is 4.74 Å². The molecule has 4 rings (SSSR count). The van der Waals surface area contributed by atoms with E-state index >= 15 is 0 Å². The Morgan fingerprint density at radius 2 is 1.62 bits per heavy atom. The lowest BCUT2D eigenvalue weighted by Gasteiger charge is -2.07. The van der Waals surface area contributed by atoms with Crippen molar-refractivity contribution in [1.82, 2.24) is 9.78 Å². The molecule has 3 aromatic carbocycles. The van der Waals surface area contributed by atoms with Crippen LogP contribution in [0.3, 0.4) is 0 Å². The smallest absolute Gasteiger partial charge is 0.416 e. The maximum atomic E-state index is 13.2. The first-order valence-electron chi connectivity index (χ1n) is 9.51. The van der Waals surface area contributed by atoms with E-state index in [0.29, 0.717) is 22.7 Å². The molecular weight excluding hydrogens is 421 g/mol. The number of H-pyrrole nitrogens is 1. The average molecular weight is 438 g/mol. The molecule has 6 nitrogen and oxygen atoms in total. The van der Waals surface area contributed by atoms with E-state index in [9.17, 15) is 18.0 Å². The molecule has 0 aliphatic heterocycles. The highest BCUT2D eigenvalue weighted by Crippen LogP contribution is 2.35. The quantitative estimate of drug-likeness (QED) is 0.373. The van der Waals surface area contributed by atoms with Crippen LogP contribution in [0.4, 0.5) is 24.5 Å². The summed E-state index contributed by atoms with van der Waals surface area (Å²) < 4.78 is 45.7. The molecule has 0 aliphatic rings. The van der Waals surface area contributed by atoms with Crippen molar-refractivity contribution in [3.8, 4) is 22.7 Å². The van der Waals surface area contributed by atoms with Gasteiger partial charge in [0.15, 0.2) is 5.69 Å². The molecule has 0 atom stereocenters. The van der Waals surface area contributed by atoms with Crippen LogP contribution in [0.5, 0.6) is 5.75 Å². The lowest BCUT2D eigenvalue weighted by atomic mass is 10.1. The Balaban J connectivity index is 1.87. The van der Waals surface area contributed by atoms with Crippen molar-refractivity contribution in [3.05, 3.63) is 94.8 Å². The van der Waals surface area contributed by atoms with Crippen LogP contribution in [0.1, 0.15) is 5.56 Å². The van der Waals surface area contributed by atoms with Gasteiger partial charge in [-0.1, -0.05) is 36.4 Å². The molecule has 1 aromatic heterocycles. The van der Waals surface area contributed by atoms with Crippen molar-refractivity contribution in [2.45, 2.75) is 6.18 Å². The fraction of sp³-hybridized carbons (Fsp3) is 0.0870. The first-order chi connectivity index (χ1) is 15.4. The molecule has 4 aromatic rings. The van der Waals surface area contributed by atoms with Gasteiger partial charge >= 0.3 is 6.18 Å². The minimum atomic E-state index is -4.51. The van der Waals surface area contributed by atoms with Crippen LogP contribution in [0.25, 0.3) is 16.9 Å². The summed E-state index contributed by atoms with van der Waals surface area (Å²) >= 11 is 0. The number of aromatic amines is 1. The van der Waals surface area contributed by atoms with E-state index < -0.39 is 17.3 Å². The van der Waals surface area contributed by atoms with E-state index in [1.165, 1.54) is 23.9 Å². The largest absolute Gasteiger partial charge is 0.496 e. The van der Waals surface area contributed by atoms with Crippen molar-refractivity contribution >= 4 is 11.4 Å². The second-order valence-corrected chi connectivity index (χ2v) is 6.76. The van der Waals surface area contributed by atoms with Crippen LogP contribution >= 0.6 is 0 Å². The van der Waals surface area contributed by atoms with Crippen LogP contribution in [0, 0.1) is 0 Å². The van der Waals surface area contributed by atoms with Gasteiger partial charge in [0.1, 0.15) is 5.75 Å². The Morgan fingerprint density at radius 3 is 2.34 bits per heavy atom. The zero-order valence-electron chi connectivity index (χ0n) is 16.8. The third-order valence-corrected chi connectivity index (χ3v) is 4.70. The molecule has 0 spiro atoms. The van der Waals surface area contributed by atoms with Crippen molar-refractivity contribution < 1.29 is 17.9 Å². The van der Waals surface area contributed by atoms with Gasteiger partial charge in [-0.05, 0) is 42.5 Å². The third kappa shape index (κ3) is 4.18. The topological polar surface area (TPSA) is 71.7 Å². The minimum absolute atomic E-state index is 0.0299. The first kappa shape index (κ1) is 21.1. The van der Waals surface area contributed by atoms with Gasteiger partial charge in [0.2, 0.25) is 0 Å². The summed E-state index contributed by atoms with van der Waals surface area (Å²) in [6.45, 7) is 0. The number of nitrogens with zero attached hydrogens (tertiary/aromatic N) is 3. The summed E-state index contributed by atoms with van der Waals surface area (Å²) in [4.78, 5) is 13.2. The maximum Gasteiger partial charge on any atom is 0.416 e. The molecule has 0 fully saturated rings. The standard InChI is InChI=1S/C23H17F3N4O2/c1-32-19-13-6-5-12-18(19)20-21(22(31)30(29-20)17-10-3-2-4-11-17)28-27-16-9-7-8-15(14-16)23(24,25)26/h2-14,29H,1H3. The van der Waals surface area contributed by atoms with Crippen molar-refractivity contribution in [1.29, 1.82) is 0 Å². The number of nitrogens with one attached hydrogen (secondary N) is 1. The van der Waals surface area contributed by atoms with E-state index in [-0.39, 0.29) is 11.4 Å². The molecule has 0 saturated carbocycles. The third-order valence-electron chi connectivity index (χ3n) is 4.70. The molecular formula is C23H17F3N4O2. The molecule has 1 heterocycles. The molecule has 0 radical (unpaired) electrons. The van der Waals surface area contributed by atoms with E-state index in [0.717, 1.165) is 12.1 Å². The van der Waals surface area contributed by atoms with Crippen LogP contribution < -0.4 is 10.3 Å². The second kappa shape index (κ2) is 8.54. The highest BCUT2D eigenvalue weighted by Gasteiger charge is 2.30. The molecule has 32 heavy (non-hydrogen) atoms. The predicted octanol–water partition coefficient (Wildman–Crippen LogP) is 6.28. The maximum absolute atomic E-state index is 13.2. The zero-order valence-corrected chi connectivity index (χ0v) is 16.8. The van der Waals surface area contributed by atoms with Gasteiger partial charge in [-0.15, -0.1) is 5.11 Å². The van der Waals surface area contributed by atoms with Crippen molar-refractivity contribution in [2.24, 2.45) is 10.2 Å². The zero-order chi connectivity index (χ0) is 22.7. The highest BCUT2D eigenvalue weighted by atomic mass is 19.4. The SMILES string of the molecule is COc1ccccc1-c1[nH]n(-c2ccccc2)c(=O)c1N=Nc1cccc(C(F)(F)F)c1. The molecule has 0 amide bonds. The normalized spacial score (nSPS) is 11.8. The van der Waals surface area contributed by atoms with Gasteiger partial charge in [0, 0.05) is 5.56 Å². The minimum Gasteiger partial charge on any atom is -0.496 e. The number of azo groups is 1. The number of methoxy groups -OCH3 is 1. The number of hydrogen-bond donors (Lipinski definition) is 1. The molecule has 0 unspecified atom stereocenters. The van der Waals surface area contributed by atoms with Gasteiger partial charge in [0.25, 0.3) is 5.56 Å².